The number of carboxylic acid groups (broad SMARTS) is 1. The molecule has 0 radical (unpaired) electrons. The lowest BCUT2D eigenvalue weighted by Gasteiger charge is -2.26. The average molecular weight is 233 g/mol. The Balaban J connectivity index is 2.15. The summed E-state index contributed by atoms with van der Waals surface area (Å²) in [5.41, 5.74) is 0. The molecule has 1 aliphatic rings. The molecular formula is C10H19NO3S. The first-order valence-corrected chi connectivity index (χ1v) is 6.32. The van der Waals surface area contributed by atoms with Gasteiger partial charge in [-0.3, -0.25) is 4.79 Å². The van der Waals surface area contributed by atoms with Gasteiger partial charge in [-0.15, -0.1) is 0 Å². The van der Waals surface area contributed by atoms with Crippen LogP contribution in [0, 0.1) is 0 Å². The maximum absolute atomic E-state index is 10.9. The first-order valence-electron chi connectivity index (χ1n) is 5.27. The highest BCUT2D eigenvalue weighted by Gasteiger charge is 2.21. The second-order valence-electron chi connectivity index (χ2n) is 4.03. The summed E-state index contributed by atoms with van der Waals surface area (Å²) >= 11 is 1.81. The van der Waals surface area contributed by atoms with Gasteiger partial charge in [-0.2, -0.15) is 11.8 Å². The van der Waals surface area contributed by atoms with Gasteiger partial charge in [-0.25, -0.2) is 0 Å². The molecule has 0 aromatic rings. The molecule has 0 aromatic heterocycles. The number of hydrogen-bond donors (Lipinski definition) is 2. The summed E-state index contributed by atoms with van der Waals surface area (Å²) in [5, 5.41) is 12.6. The summed E-state index contributed by atoms with van der Waals surface area (Å²) < 4.78 is 5.05. The van der Waals surface area contributed by atoms with Crippen LogP contribution in [-0.2, 0) is 9.53 Å². The molecule has 2 N–H and O–H groups in total. The number of nitrogens with one attached hydrogen (secondary N) is 1. The van der Waals surface area contributed by atoms with Crippen LogP contribution in [0.3, 0.4) is 0 Å². The molecule has 1 unspecified atom stereocenters. The molecule has 5 heteroatoms. The van der Waals surface area contributed by atoms with Crippen molar-refractivity contribution in [2.75, 3.05) is 19.0 Å². The zero-order valence-corrected chi connectivity index (χ0v) is 10.0. The molecule has 15 heavy (non-hydrogen) atoms. The van der Waals surface area contributed by atoms with Crippen LogP contribution in [0.5, 0.6) is 0 Å². The average Bonchev–Trinajstić information content (AvgIpc) is 2.06. The van der Waals surface area contributed by atoms with E-state index < -0.39 is 12.0 Å². The molecule has 0 amide bonds. The summed E-state index contributed by atoms with van der Waals surface area (Å²) in [4.78, 5) is 10.9. The smallest absolute Gasteiger partial charge is 0.320 e. The Hall–Kier alpha value is -0.260. The summed E-state index contributed by atoms with van der Waals surface area (Å²) in [6.07, 6.45) is 0.675. The Morgan fingerprint density at radius 3 is 2.67 bits per heavy atom. The molecule has 88 valence electrons. The minimum atomic E-state index is -0.755. The highest BCUT2D eigenvalue weighted by Crippen LogP contribution is 2.20. The van der Waals surface area contributed by atoms with E-state index in [-0.39, 0.29) is 6.04 Å². The lowest BCUT2D eigenvalue weighted by molar-refractivity contribution is -0.139. The Bertz CT molecular complexity index is 207. The van der Waals surface area contributed by atoms with Crippen molar-refractivity contribution in [1.29, 1.82) is 0 Å². The van der Waals surface area contributed by atoms with E-state index in [2.05, 4.69) is 5.32 Å². The fourth-order valence-corrected chi connectivity index (χ4v) is 2.43. The van der Waals surface area contributed by atoms with Crippen LogP contribution in [0.25, 0.3) is 0 Å². The van der Waals surface area contributed by atoms with Crippen molar-refractivity contribution in [3.63, 3.8) is 0 Å². The first kappa shape index (κ1) is 12.8. The monoisotopic (exact) mass is 233 g/mol. The number of carbonyl (C=O) groups is 1. The van der Waals surface area contributed by atoms with Crippen LogP contribution in [0.15, 0.2) is 0 Å². The van der Waals surface area contributed by atoms with Crippen LogP contribution in [0.4, 0.5) is 0 Å². The zero-order chi connectivity index (χ0) is 11.3. The van der Waals surface area contributed by atoms with Gasteiger partial charge in [0.2, 0.25) is 0 Å². The third-order valence-corrected chi connectivity index (χ3v) is 3.42. The molecule has 1 saturated heterocycles. The highest BCUT2D eigenvalue weighted by atomic mass is 32.2. The van der Waals surface area contributed by atoms with Gasteiger partial charge in [0.15, 0.2) is 0 Å². The van der Waals surface area contributed by atoms with Crippen LogP contribution in [0.1, 0.15) is 20.3 Å². The predicted molar refractivity (Wildman–Crippen MR) is 61.4 cm³/mol. The molecule has 0 saturated carbocycles. The van der Waals surface area contributed by atoms with Gasteiger partial charge in [0, 0.05) is 6.04 Å². The van der Waals surface area contributed by atoms with E-state index in [1.54, 1.807) is 0 Å². The number of hydrogen-bond acceptors (Lipinski definition) is 4. The second kappa shape index (κ2) is 6.35. The van der Waals surface area contributed by atoms with E-state index in [4.69, 9.17) is 9.84 Å². The molecule has 1 fully saturated rings. The largest absolute Gasteiger partial charge is 0.480 e. The lowest BCUT2D eigenvalue weighted by Crippen LogP contribution is -2.41. The maximum Gasteiger partial charge on any atom is 0.320 e. The van der Waals surface area contributed by atoms with Gasteiger partial charge in [0.1, 0.15) is 6.04 Å². The molecule has 0 aromatic carbocycles. The zero-order valence-electron chi connectivity index (χ0n) is 9.23. The van der Waals surface area contributed by atoms with Crippen molar-refractivity contribution in [1.82, 2.24) is 5.32 Å². The van der Waals surface area contributed by atoms with Crippen molar-refractivity contribution in [3.05, 3.63) is 0 Å². The maximum atomic E-state index is 10.9. The van der Waals surface area contributed by atoms with E-state index in [1.807, 2.05) is 25.6 Å². The summed E-state index contributed by atoms with van der Waals surface area (Å²) in [6, 6.07) is -0.207. The molecular weight excluding hydrogens is 214 g/mol. The molecule has 1 rings (SSSR count). The van der Waals surface area contributed by atoms with Crippen LogP contribution < -0.4 is 5.32 Å². The Kier molecular flexibility index (Phi) is 5.42. The topological polar surface area (TPSA) is 58.6 Å². The summed E-state index contributed by atoms with van der Waals surface area (Å²) in [6.45, 7) is 5.56. The Morgan fingerprint density at radius 2 is 2.27 bits per heavy atom. The standard InChI is InChI=1S/C10H19NO3S/c1-7(2)11-9(10(12)13)3-4-15-8-5-14-6-8/h7-9,11H,3-6H2,1-2H3,(H,12,13). The van der Waals surface area contributed by atoms with Crippen LogP contribution >= 0.6 is 11.8 Å². The SMILES string of the molecule is CC(C)NC(CCSC1COC1)C(=O)O. The summed E-state index contributed by atoms with van der Waals surface area (Å²) in [7, 11) is 0. The fraction of sp³-hybridized carbons (Fsp3) is 0.900. The van der Waals surface area contributed by atoms with E-state index in [1.165, 1.54) is 0 Å². The van der Waals surface area contributed by atoms with Crippen molar-refractivity contribution >= 4 is 17.7 Å². The third-order valence-electron chi connectivity index (χ3n) is 2.20. The van der Waals surface area contributed by atoms with E-state index in [9.17, 15) is 4.79 Å². The molecule has 4 nitrogen and oxygen atoms in total. The van der Waals surface area contributed by atoms with Crippen molar-refractivity contribution in [3.8, 4) is 0 Å². The van der Waals surface area contributed by atoms with Gasteiger partial charge in [-0.1, -0.05) is 13.8 Å². The Morgan fingerprint density at radius 1 is 1.60 bits per heavy atom. The molecule has 1 heterocycles. The minimum absolute atomic E-state index is 0.211. The van der Waals surface area contributed by atoms with Gasteiger partial charge < -0.3 is 15.2 Å². The normalized spacial score (nSPS) is 18.9. The highest BCUT2D eigenvalue weighted by molar-refractivity contribution is 8.00. The first-order chi connectivity index (χ1) is 7.09. The van der Waals surface area contributed by atoms with Gasteiger partial charge in [-0.05, 0) is 12.2 Å². The van der Waals surface area contributed by atoms with Crippen molar-refractivity contribution in [2.24, 2.45) is 0 Å². The van der Waals surface area contributed by atoms with Gasteiger partial charge in [0.25, 0.3) is 0 Å². The number of aliphatic carboxylic acids is 1. The number of ether oxygens (including phenoxy) is 1. The number of thioether (sulfide) groups is 1. The van der Waals surface area contributed by atoms with Gasteiger partial charge in [0.05, 0.1) is 18.5 Å². The third kappa shape index (κ3) is 4.86. The molecule has 0 spiro atoms. The van der Waals surface area contributed by atoms with E-state index >= 15 is 0 Å². The van der Waals surface area contributed by atoms with Crippen LogP contribution in [-0.4, -0.2) is 47.4 Å². The number of rotatable bonds is 7. The van der Waals surface area contributed by atoms with Crippen molar-refractivity contribution in [2.45, 2.75) is 37.6 Å². The van der Waals surface area contributed by atoms with E-state index in [0.29, 0.717) is 11.7 Å². The predicted octanol–water partition coefficient (Wildman–Crippen LogP) is 0.960. The molecule has 0 aliphatic carbocycles. The lowest BCUT2D eigenvalue weighted by atomic mass is 10.2. The van der Waals surface area contributed by atoms with Crippen LogP contribution in [0.2, 0.25) is 0 Å². The van der Waals surface area contributed by atoms with Crippen molar-refractivity contribution < 1.29 is 14.6 Å². The fourth-order valence-electron chi connectivity index (χ4n) is 1.34. The Labute approximate surface area is 94.8 Å². The minimum Gasteiger partial charge on any atom is -0.480 e. The van der Waals surface area contributed by atoms with E-state index in [0.717, 1.165) is 19.0 Å². The second-order valence-corrected chi connectivity index (χ2v) is 5.44. The summed E-state index contributed by atoms with van der Waals surface area (Å²) in [5.74, 6) is 0.124. The molecule has 1 atom stereocenters. The number of carboxylic acids is 1. The van der Waals surface area contributed by atoms with Gasteiger partial charge >= 0.3 is 5.97 Å². The molecule has 1 aliphatic heterocycles. The molecule has 0 bridgehead atoms. The quantitative estimate of drug-likeness (QED) is 0.686.